The van der Waals surface area contributed by atoms with E-state index in [1.807, 2.05) is 0 Å². The Balaban J connectivity index is 2.71. The van der Waals surface area contributed by atoms with Gasteiger partial charge in [-0.3, -0.25) is 0 Å². The second-order valence-electron chi connectivity index (χ2n) is 6.73. The minimum Gasteiger partial charge on any atom is -0.493 e. The molecule has 0 N–H and O–H groups in total. The van der Waals surface area contributed by atoms with Crippen LogP contribution in [-0.2, 0) is 0 Å². The van der Waals surface area contributed by atoms with Crippen molar-refractivity contribution in [3.05, 3.63) is 29.3 Å². The van der Waals surface area contributed by atoms with Crippen LogP contribution in [0.1, 0.15) is 51.7 Å². The molecular weight excluding hydrogens is 252 g/mol. The van der Waals surface area contributed by atoms with Crippen molar-refractivity contribution in [2.75, 3.05) is 12.4 Å². The molecule has 0 saturated heterocycles. The molecule has 0 heterocycles. The maximum Gasteiger partial charge on any atom is 0.119 e. The summed E-state index contributed by atoms with van der Waals surface area (Å²) in [7, 11) is 0. The van der Waals surface area contributed by atoms with Crippen LogP contribution in [-0.4, -0.2) is 12.4 Å². The van der Waals surface area contributed by atoms with E-state index in [1.165, 1.54) is 11.1 Å². The molecular formula is C17H28OS. The van der Waals surface area contributed by atoms with Gasteiger partial charge in [-0.1, -0.05) is 40.7 Å². The number of hydrogen-bond acceptors (Lipinski definition) is 2. The predicted octanol–water partition coefficient (Wildman–Crippen LogP) is 5.09. The number of thiol groups is 1. The molecule has 1 atom stereocenters. The van der Waals surface area contributed by atoms with Crippen molar-refractivity contribution in [3.8, 4) is 5.75 Å². The van der Waals surface area contributed by atoms with Crippen LogP contribution in [0, 0.1) is 18.3 Å². The lowest BCUT2D eigenvalue weighted by atomic mass is 9.82. The fourth-order valence-electron chi connectivity index (χ4n) is 2.16. The molecule has 0 saturated carbocycles. The molecule has 0 bridgehead atoms. The third-order valence-electron chi connectivity index (χ3n) is 3.76. The van der Waals surface area contributed by atoms with Crippen LogP contribution < -0.4 is 4.74 Å². The minimum atomic E-state index is 0.231. The van der Waals surface area contributed by atoms with E-state index >= 15 is 0 Å². The SMILES string of the molecule is Cc1cc(OCC(CS)C(C)(C)C)ccc1C(C)C. The van der Waals surface area contributed by atoms with Crippen LogP contribution in [0.25, 0.3) is 0 Å². The smallest absolute Gasteiger partial charge is 0.119 e. The summed E-state index contributed by atoms with van der Waals surface area (Å²) in [5, 5.41) is 0. The van der Waals surface area contributed by atoms with Crippen molar-refractivity contribution in [2.24, 2.45) is 11.3 Å². The second kappa shape index (κ2) is 6.69. The van der Waals surface area contributed by atoms with Crippen molar-refractivity contribution in [2.45, 2.75) is 47.5 Å². The summed E-state index contributed by atoms with van der Waals surface area (Å²) in [5.41, 5.74) is 2.94. The molecule has 0 aliphatic heterocycles. The van der Waals surface area contributed by atoms with Crippen molar-refractivity contribution in [1.82, 2.24) is 0 Å². The summed E-state index contributed by atoms with van der Waals surface area (Å²) in [5.74, 6) is 2.85. The molecule has 0 spiro atoms. The van der Waals surface area contributed by atoms with Gasteiger partial charge in [-0.25, -0.2) is 0 Å². The van der Waals surface area contributed by atoms with E-state index in [4.69, 9.17) is 4.74 Å². The van der Waals surface area contributed by atoms with Gasteiger partial charge in [-0.2, -0.15) is 12.6 Å². The van der Waals surface area contributed by atoms with Crippen molar-refractivity contribution >= 4 is 12.6 Å². The quantitative estimate of drug-likeness (QED) is 0.739. The van der Waals surface area contributed by atoms with Gasteiger partial charge in [0.1, 0.15) is 5.75 Å². The lowest BCUT2D eigenvalue weighted by Gasteiger charge is -2.29. The molecule has 0 radical (unpaired) electrons. The van der Waals surface area contributed by atoms with Gasteiger partial charge in [0, 0.05) is 5.92 Å². The van der Waals surface area contributed by atoms with E-state index in [-0.39, 0.29) is 5.41 Å². The predicted molar refractivity (Wildman–Crippen MR) is 87.6 cm³/mol. The topological polar surface area (TPSA) is 9.23 Å². The summed E-state index contributed by atoms with van der Waals surface area (Å²) in [4.78, 5) is 0. The number of aryl methyl sites for hydroxylation is 1. The summed E-state index contributed by atoms with van der Waals surface area (Å²) >= 11 is 4.44. The number of hydrogen-bond donors (Lipinski definition) is 1. The molecule has 0 aliphatic carbocycles. The van der Waals surface area contributed by atoms with E-state index in [0.29, 0.717) is 11.8 Å². The zero-order chi connectivity index (χ0) is 14.6. The molecule has 0 aliphatic rings. The Morgan fingerprint density at radius 3 is 2.26 bits per heavy atom. The first-order chi connectivity index (χ1) is 8.75. The Labute approximate surface area is 124 Å². The Kier molecular flexibility index (Phi) is 5.79. The first kappa shape index (κ1) is 16.4. The maximum absolute atomic E-state index is 5.95. The van der Waals surface area contributed by atoms with Crippen molar-refractivity contribution < 1.29 is 4.74 Å². The van der Waals surface area contributed by atoms with E-state index in [2.05, 4.69) is 72.4 Å². The monoisotopic (exact) mass is 280 g/mol. The number of benzene rings is 1. The van der Waals surface area contributed by atoms with Gasteiger partial charge in [0.2, 0.25) is 0 Å². The van der Waals surface area contributed by atoms with Crippen LogP contribution in [0.5, 0.6) is 5.75 Å². The first-order valence-corrected chi connectivity index (χ1v) is 7.73. The highest BCUT2D eigenvalue weighted by Crippen LogP contribution is 2.29. The van der Waals surface area contributed by atoms with Crippen LogP contribution in [0.4, 0.5) is 0 Å². The van der Waals surface area contributed by atoms with Crippen molar-refractivity contribution in [1.29, 1.82) is 0 Å². The highest BCUT2D eigenvalue weighted by Gasteiger charge is 2.23. The van der Waals surface area contributed by atoms with E-state index in [1.54, 1.807) is 0 Å². The van der Waals surface area contributed by atoms with Gasteiger partial charge in [0.25, 0.3) is 0 Å². The zero-order valence-corrected chi connectivity index (χ0v) is 14.1. The minimum absolute atomic E-state index is 0.231. The van der Waals surface area contributed by atoms with Gasteiger partial charge in [0.05, 0.1) is 6.61 Å². The number of rotatable bonds is 5. The first-order valence-electron chi connectivity index (χ1n) is 7.10. The standard InChI is InChI=1S/C17H28OS/c1-12(2)16-8-7-15(9-13(16)3)18-10-14(11-19)17(4,5)6/h7-9,12,14,19H,10-11H2,1-6H3. The Bertz CT molecular complexity index is 404. The third kappa shape index (κ3) is 4.76. The lowest BCUT2D eigenvalue weighted by Crippen LogP contribution is -2.28. The zero-order valence-electron chi connectivity index (χ0n) is 13.2. The number of ether oxygens (including phenoxy) is 1. The summed E-state index contributed by atoms with van der Waals surface area (Å²) in [6.07, 6.45) is 0. The van der Waals surface area contributed by atoms with Crippen LogP contribution in [0.2, 0.25) is 0 Å². The summed E-state index contributed by atoms with van der Waals surface area (Å²) < 4.78 is 5.95. The van der Waals surface area contributed by atoms with Gasteiger partial charge in [0.15, 0.2) is 0 Å². The molecule has 2 heteroatoms. The highest BCUT2D eigenvalue weighted by molar-refractivity contribution is 7.80. The van der Waals surface area contributed by atoms with Crippen LogP contribution in [0.3, 0.4) is 0 Å². The average molecular weight is 280 g/mol. The average Bonchev–Trinajstić information content (AvgIpc) is 2.27. The normalized spacial score (nSPS) is 13.7. The molecule has 108 valence electrons. The van der Waals surface area contributed by atoms with Gasteiger partial charge >= 0.3 is 0 Å². The van der Waals surface area contributed by atoms with E-state index in [0.717, 1.165) is 18.1 Å². The molecule has 0 fully saturated rings. The molecule has 1 rings (SSSR count). The van der Waals surface area contributed by atoms with Gasteiger partial charge in [-0.15, -0.1) is 0 Å². The largest absolute Gasteiger partial charge is 0.493 e. The van der Waals surface area contributed by atoms with Crippen LogP contribution >= 0.6 is 12.6 Å². The van der Waals surface area contributed by atoms with Gasteiger partial charge < -0.3 is 4.74 Å². The highest BCUT2D eigenvalue weighted by atomic mass is 32.1. The fourth-order valence-corrected chi connectivity index (χ4v) is 2.81. The molecule has 1 aromatic carbocycles. The molecule has 1 nitrogen and oxygen atoms in total. The third-order valence-corrected chi connectivity index (χ3v) is 4.20. The Morgan fingerprint density at radius 1 is 1.21 bits per heavy atom. The molecule has 19 heavy (non-hydrogen) atoms. The van der Waals surface area contributed by atoms with E-state index < -0.39 is 0 Å². The molecule has 0 aromatic heterocycles. The lowest BCUT2D eigenvalue weighted by molar-refractivity contribution is 0.165. The van der Waals surface area contributed by atoms with Gasteiger partial charge in [-0.05, 0) is 47.3 Å². The molecule has 1 unspecified atom stereocenters. The van der Waals surface area contributed by atoms with E-state index in [9.17, 15) is 0 Å². The molecule has 1 aromatic rings. The summed E-state index contributed by atoms with van der Waals surface area (Å²) in [6, 6.07) is 6.41. The second-order valence-corrected chi connectivity index (χ2v) is 7.09. The Hall–Kier alpha value is -0.630. The Morgan fingerprint density at radius 2 is 1.84 bits per heavy atom. The fraction of sp³-hybridized carbons (Fsp3) is 0.647. The molecule has 0 amide bonds. The van der Waals surface area contributed by atoms with Crippen molar-refractivity contribution in [3.63, 3.8) is 0 Å². The maximum atomic E-state index is 5.95. The van der Waals surface area contributed by atoms with Crippen LogP contribution in [0.15, 0.2) is 18.2 Å². The summed E-state index contributed by atoms with van der Waals surface area (Å²) in [6.45, 7) is 14.0.